The zero-order valence-corrected chi connectivity index (χ0v) is 11.0. The molecular formula is C14H19NO4. The Morgan fingerprint density at radius 1 is 1.47 bits per heavy atom. The third kappa shape index (κ3) is 4.28. The monoisotopic (exact) mass is 265 g/mol. The van der Waals surface area contributed by atoms with Gasteiger partial charge in [-0.25, -0.2) is 4.79 Å². The van der Waals surface area contributed by atoms with Crippen molar-refractivity contribution < 1.29 is 19.4 Å². The first-order valence-electron chi connectivity index (χ1n) is 6.27. The SMILES string of the molecule is C=C/C=C(\C=C\C(=O)N1CCCC1C(=O)O)OCC. The quantitative estimate of drug-likeness (QED) is 0.451. The standard InChI is InChI=1S/C14H19NO4/c1-3-6-11(19-4-2)8-9-13(16)15-10-5-7-12(15)14(17)18/h3,6,8-9,12H,1,4-5,7,10H2,2H3,(H,17,18)/b9-8+,11-6+. The van der Waals surface area contributed by atoms with Gasteiger partial charge in [0.25, 0.3) is 0 Å². The molecule has 0 aromatic rings. The molecule has 0 saturated carbocycles. The van der Waals surface area contributed by atoms with Gasteiger partial charge in [0, 0.05) is 12.6 Å². The number of hydrogen-bond donors (Lipinski definition) is 1. The molecule has 0 spiro atoms. The molecule has 1 fully saturated rings. The van der Waals surface area contributed by atoms with Crippen molar-refractivity contribution in [1.29, 1.82) is 0 Å². The number of nitrogens with zero attached hydrogens (tertiary/aromatic N) is 1. The van der Waals surface area contributed by atoms with E-state index in [4.69, 9.17) is 9.84 Å². The highest BCUT2D eigenvalue weighted by Crippen LogP contribution is 2.18. The van der Waals surface area contributed by atoms with Crippen LogP contribution in [0.15, 0.2) is 36.6 Å². The summed E-state index contributed by atoms with van der Waals surface area (Å²) in [4.78, 5) is 24.3. The predicted molar refractivity (Wildman–Crippen MR) is 71.4 cm³/mol. The van der Waals surface area contributed by atoms with Gasteiger partial charge in [-0.3, -0.25) is 4.79 Å². The molecule has 1 rings (SSSR count). The van der Waals surface area contributed by atoms with Crippen molar-refractivity contribution in [3.05, 3.63) is 36.6 Å². The Labute approximate surface area is 112 Å². The summed E-state index contributed by atoms with van der Waals surface area (Å²) in [6.45, 7) is 6.37. The maximum absolute atomic E-state index is 11.9. The summed E-state index contributed by atoms with van der Waals surface area (Å²) < 4.78 is 5.29. The van der Waals surface area contributed by atoms with Crippen LogP contribution in [0.4, 0.5) is 0 Å². The maximum atomic E-state index is 11.9. The molecule has 0 bridgehead atoms. The molecule has 1 N–H and O–H groups in total. The molecule has 19 heavy (non-hydrogen) atoms. The summed E-state index contributed by atoms with van der Waals surface area (Å²) in [5, 5.41) is 9.01. The van der Waals surface area contributed by atoms with Gasteiger partial charge in [-0.15, -0.1) is 0 Å². The van der Waals surface area contributed by atoms with Crippen LogP contribution in [-0.4, -0.2) is 41.1 Å². The number of carbonyl (C=O) groups excluding carboxylic acids is 1. The van der Waals surface area contributed by atoms with Crippen LogP contribution in [0.2, 0.25) is 0 Å². The number of ether oxygens (including phenoxy) is 1. The molecule has 0 radical (unpaired) electrons. The number of hydrogen-bond acceptors (Lipinski definition) is 3. The highest BCUT2D eigenvalue weighted by molar-refractivity contribution is 5.91. The second-order valence-corrected chi connectivity index (χ2v) is 4.10. The van der Waals surface area contributed by atoms with E-state index in [0.29, 0.717) is 25.3 Å². The van der Waals surface area contributed by atoms with E-state index in [9.17, 15) is 9.59 Å². The van der Waals surface area contributed by atoms with Crippen molar-refractivity contribution in [3.63, 3.8) is 0 Å². The van der Waals surface area contributed by atoms with E-state index < -0.39 is 12.0 Å². The Bertz CT molecular complexity index is 412. The van der Waals surface area contributed by atoms with Crippen LogP contribution >= 0.6 is 0 Å². The van der Waals surface area contributed by atoms with Crippen LogP contribution in [-0.2, 0) is 14.3 Å². The normalized spacial score (nSPS) is 19.7. The molecule has 5 nitrogen and oxygen atoms in total. The van der Waals surface area contributed by atoms with Crippen molar-refractivity contribution in [2.24, 2.45) is 0 Å². The summed E-state index contributed by atoms with van der Waals surface area (Å²) in [7, 11) is 0. The van der Waals surface area contributed by atoms with Gasteiger partial charge in [0.1, 0.15) is 11.8 Å². The van der Waals surface area contributed by atoms with E-state index in [1.807, 2.05) is 6.92 Å². The molecule has 1 aliphatic heterocycles. The predicted octanol–water partition coefficient (Wildman–Crippen LogP) is 1.72. The fourth-order valence-corrected chi connectivity index (χ4v) is 1.97. The van der Waals surface area contributed by atoms with Gasteiger partial charge in [-0.2, -0.15) is 0 Å². The first-order chi connectivity index (χ1) is 9.10. The zero-order chi connectivity index (χ0) is 14.3. The van der Waals surface area contributed by atoms with Crippen LogP contribution in [0.3, 0.4) is 0 Å². The molecule has 1 heterocycles. The largest absolute Gasteiger partial charge is 0.494 e. The smallest absolute Gasteiger partial charge is 0.326 e. The molecule has 5 heteroatoms. The Morgan fingerprint density at radius 2 is 2.21 bits per heavy atom. The summed E-state index contributed by atoms with van der Waals surface area (Å²) >= 11 is 0. The number of aliphatic carboxylic acids is 1. The lowest BCUT2D eigenvalue weighted by Gasteiger charge is -2.19. The van der Waals surface area contributed by atoms with Gasteiger partial charge in [-0.05, 0) is 31.9 Å². The molecule has 1 saturated heterocycles. The third-order valence-corrected chi connectivity index (χ3v) is 2.80. The molecular weight excluding hydrogens is 246 g/mol. The average molecular weight is 265 g/mol. The highest BCUT2D eigenvalue weighted by Gasteiger charge is 2.32. The van der Waals surface area contributed by atoms with Gasteiger partial charge in [-0.1, -0.05) is 12.7 Å². The summed E-state index contributed by atoms with van der Waals surface area (Å²) in [5.41, 5.74) is 0. The minimum absolute atomic E-state index is 0.306. The van der Waals surface area contributed by atoms with Gasteiger partial charge in [0.15, 0.2) is 0 Å². The fraction of sp³-hybridized carbons (Fsp3) is 0.429. The lowest BCUT2D eigenvalue weighted by molar-refractivity contribution is -0.146. The molecule has 0 aliphatic carbocycles. The first kappa shape index (κ1) is 15.0. The van der Waals surface area contributed by atoms with Gasteiger partial charge in [0.05, 0.1) is 6.61 Å². The minimum Gasteiger partial charge on any atom is -0.494 e. The van der Waals surface area contributed by atoms with Gasteiger partial charge >= 0.3 is 5.97 Å². The van der Waals surface area contributed by atoms with Gasteiger partial charge < -0.3 is 14.7 Å². The van der Waals surface area contributed by atoms with E-state index in [-0.39, 0.29) is 5.91 Å². The summed E-state index contributed by atoms with van der Waals surface area (Å²) in [6.07, 6.45) is 7.31. The van der Waals surface area contributed by atoms with Crippen LogP contribution in [0.1, 0.15) is 19.8 Å². The van der Waals surface area contributed by atoms with Crippen molar-refractivity contribution >= 4 is 11.9 Å². The second kappa shape index (κ2) is 7.41. The Morgan fingerprint density at radius 3 is 2.79 bits per heavy atom. The fourth-order valence-electron chi connectivity index (χ4n) is 1.97. The molecule has 0 aromatic carbocycles. The van der Waals surface area contributed by atoms with E-state index in [2.05, 4.69) is 6.58 Å². The molecule has 1 unspecified atom stereocenters. The van der Waals surface area contributed by atoms with E-state index in [1.165, 1.54) is 17.1 Å². The van der Waals surface area contributed by atoms with Crippen molar-refractivity contribution in [2.75, 3.05) is 13.2 Å². The Hall–Kier alpha value is -2.04. The third-order valence-electron chi connectivity index (χ3n) is 2.80. The van der Waals surface area contributed by atoms with E-state index in [1.54, 1.807) is 12.2 Å². The molecule has 1 amide bonds. The summed E-state index contributed by atoms with van der Waals surface area (Å²) in [6, 6.07) is -0.712. The highest BCUT2D eigenvalue weighted by atomic mass is 16.5. The number of likely N-dealkylation sites (tertiary alicyclic amines) is 1. The topological polar surface area (TPSA) is 66.8 Å². The molecule has 0 aromatic heterocycles. The average Bonchev–Trinajstić information content (AvgIpc) is 2.85. The van der Waals surface area contributed by atoms with Crippen molar-refractivity contribution in [2.45, 2.75) is 25.8 Å². The maximum Gasteiger partial charge on any atom is 0.326 e. The Kier molecular flexibility index (Phi) is 5.85. The van der Waals surface area contributed by atoms with Crippen LogP contribution in [0.25, 0.3) is 0 Å². The number of carboxylic acid groups (broad SMARTS) is 1. The summed E-state index contributed by atoms with van der Waals surface area (Å²) in [5.74, 6) is -0.734. The second-order valence-electron chi connectivity index (χ2n) is 4.10. The van der Waals surface area contributed by atoms with Crippen LogP contribution in [0.5, 0.6) is 0 Å². The minimum atomic E-state index is -0.953. The molecule has 104 valence electrons. The Balaban J connectivity index is 2.70. The van der Waals surface area contributed by atoms with E-state index in [0.717, 1.165) is 6.42 Å². The van der Waals surface area contributed by atoms with Crippen molar-refractivity contribution in [1.82, 2.24) is 4.90 Å². The van der Waals surface area contributed by atoms with E-state index >= 15 is 0 Å². The van der Waals surface area contributed by atoms with Gasteiger partial charge in [0.2, 0.25) is 5.91 Å². The van der Waals surface area contributed by atoms with Crippen molar-refractivity contribution in [3.8, 4) is 0 Å². The van der Waals surface area contributed by atoms with Crippen LogP contribution < -0.4 is 0 Å². The number of allylic oxidation sites excluding steroid dienone is 3. The zero-order valence-electron chi connectivity index (χ0n) is 11.0. The number of rotatable bonds is 6. The lowest BCUT2D eigenvalue weighted by atomic mass is 10.2. The molecule has 1 aliphatic rings. The first-order valence-corrected chi connectivity index (χ1v) is 6.27. The number of carboxylic acids is 1. The lowest BCUT2D eigenvalue weighted by Crippen LogP contribution is -2.39. The molecule has 1 atom stereocenters. The number of carbonyl (C=O) groups is 2. The van der Waals surface area contributed by atoms with Crippen LogP contribution in [0, 0.1) is 0 Å². The number of amides is 1.